The highest BCUT2D eigenvalue weighted by molar-refractivity contribution is 6.02. The number of benzene rings is 2. The van der Waals surface area contributed by atoms with Crippen LogP contribution in [-0.2, 0) is 7.05 Å². The third-order valence-corrected chi connectivity index (χ3v) is 2.68. The van der Waals surface area contributed by atoms with Gasteiger partial charge in [-0.15, -0.1) is 0 Å². The lowest BCUT2D eigenvalue weighted by molar-refractivity contribution is 0.530. The van der Waals surface area contributed by atoms with E-state index in [0.717, 1.165) is 16.3 Å². The van der Waals surface area contributed by atoms with Crippen molar-refractivity contribution in [1.82, 2.24) is 4.57 Å². The van der Waals surface area contributed by atoms with E-state index >= 15 is 0 Å². The third-order valence-electron chi connectivity index (χ3n) is 2.68. The Bertz CT molecular complexity index is 706. The topological polar surface area (TPSA) is 35.1 Å². The molecule has 0 radical (unpaired) electrons. The molecule has 74 valence electrons. The van der Waals surface area contributed by atoms with Crippen LogP contribution in [0.3, 0.4) is 0 Å². The van der Waals surface area contributed by atoms with Crippen molar-refractivity contribution in [2.45, 2.75) is 0 Å². The lowest BCUT2D eigenvalue weighted by atomic mass is 10.1. The maximum Gasteiger partial charge on any atom is 0.419 e. The molecule has 0 unspecified atom stereocenters. The summed E-state index contributed by atoms with van der Waals surface area (Å²) in [5.41, 5.74) is 1.50. The first-order valence-corrected chi connectivity index (χ1v) is 4.74. The van der Waals surface area contributed by atoms with Crippen LogP contribution in [0.5, 0.6) is 0 Å². The normalized spacial score (nSPS) is 11.3. The standard InChI is InChI=1S/C12H9NO2/c1-13-10-7-6-8-4-2-3-5-9(8)11(10)15-12(13)14/h2-7H,1H3. The summed E-state index contributed by atoms with van der Waals surface area (Å²) in [7, 11) is 1.71. The molecular formula is C12H9NO2. The van der Waals surface area contributed by atoms with Crippen molar-refractivity contribution in [3.05, 3.63) is 46.9 Å². The van der Waals surface area contributed by atoms with Gasteiger partial charge in [-0.3, -0.25) is 4.57 Å². The van der Waals surface area contributed by atoms with Crippen molar-refractivity contribution in [2.75, 3.05) is 0 Å². The molecule has 0 bridgehead atoms. The first kappa shape index (κ1) is 8.29. The lowest BCUT2D eigenvalue weighted by Gasteiger charge is -1.97. The maximum atomic E-state index is 11.4. The van der Waals surface area contributed by atoms with Gasteiger partial charge in [-0.25, -0.2) is 4.79 Å². The number of fused-ring (bicyclic) bond motifs is 3. The Balaban J connectivity index is 2.66. The maximum absolute atomic E-state index is 11.4. The summed E-state index contributed by atoms with van der Waals surface area (Å²) < 4.78 is 6.74. The second-order valence-electron chi connectivity index (χ2n) is 3.56. The Kier molecular flexibility index (Phi) is 1.51. The zero-order valence-electron chi connectivity index (χ0n) is 8.23. The van der Waals surface area contributed by atoms with Gasteiger partial charge in [0.15, 0.2) is 5.58 Å². The van der Waals surface area contributed by atoms with E-state index in [-0.39, 0.29) is 5.76 Å². The molecule has 0 amide bonds. The van der Waals surface area contributed by atoms with Gasteiger partial charge in [0.1, 0.15) is 0 Å². The van der Waals surface area contributed by atoms with Crippen molar-refractivity contribution < 1.29 is 4.42 Å². The Morgan fingerprint density at radius 3 is 2.80 bits per heavy atom. The molecule has 0 atom stereocenters. The molecule has 15 heavy (non-hydrogen) atoms. The summed E-state index contributed by atoms with van der Waals surface area (Å²) >= 11 is 0. The van der Waals surface area contributed by atoms with Crippen LogP contribution in [0, 0.1) is 0 Å². The monoisotopic (exact) mass is 199 g/mol. The molecule has 0 saturated heterocycles. The Morgan fingerprint density at radius 1 is 1.13 bits per heavy atom. The molecule has 0 spiro atoms. The second-order valence-corrected chi connectivity index (χ2v) is 3.56. The number of hydrogen-bond donors (Lipinski definition) is 0. The van der Waals surface area contributed by atoms with E-state index < -0.39 is 0 Å². The van der Waals surface area contributed by atoms with Crippen LogP contribution in [0.1, 0.15) is 0 Å². The molecule has 3 nitrogen and oxygen atoms in total. The molecule has 0 fully saturated rings. The summed E-state index contributed by atoms with van der Waals surface area (Å²) in [6, 6.07) is 11.8. The molecule has 3 rings (SSSR count). The summed E-state index contributed by atoms with van der Waals surface area (Å²) in [4.78, 5) is 11.4. The van der Waals surface area contributed by atoms with Gasteiger partial charge in [0.25, 0.3) is 0 Å². The number of aromatic nitrogens is 1. The van der Waals surface area contributed by atoms with Gasteiger partial charge in [-0.2, -0.15) is 0 Å². The van der Waals surface area contributed by atoms with E-state index in [0.29, 0.717) is 5.58 Å². The fourth-order valence-corrected chi connectivity index (χ4v) is 1.86. The van der Waals surface area contributed by atoms with Gasteiger partial charge in [-0.05, 0) is 11.5 Å². The van der Waals surface area contributed by atoms with Crippen LogP contribution in [-0.4, -0.2) is 4.57 Å². The first-order valence-electron chi connectivity index (χ1n) is 4.74. The molecule has 0 aliphatic carbocycles. The second kappa shape index (κ2) is 2.73. The number of hydrogen-bond acceptors (Lipinski definition) is 2. The van der Waals surface area contributed by atoms with Gasteiger partial charge in [0.05, 0.1) is 5.52 Å². The third kappa shape index (κ3) is 1.03. The van der Waals surface area contributed by atoms with Crippen molar-refractivity contribution in [2.24, 2.45) is 7.05 Å². The largest absolute Gasteiger partial charge is 0.419 e. The predicted octanol–water partition coefficient (Wildman–Crippen LogP) is 2.28. The average Bonchev–Trinajstić information content (AvgIpc) is 2.56. The molecular weight excluding hydrogens is 190 g/mol. The summed E-state index contributed by atoms with van der Waals surface area (Å²) in [5, 5.41) is 2.06. The van der Waals surface area contributed by atoms with Gasteiger partial charge in [0.2, 0.25) is 0 Å². The quantitative estimate of drug-likeness (QED) is 0.556. The van der Waals surface area contributed by atoms with Crippen LogP contribution >= 0.6 is 0 Å². The van der Waals surface area contributed by atoms with Crippen LogP contribution in [0.25, 0.3) is 21.9 Å². The number of aryl methyl sites for hydroxylation is 1. The number of rotatable bonds is 0. The number of nitrogens with zero attached hydrogens (tertiary/aromatic N) is 1. The van der Waals surface area contributed by atoms with E-state index in [9.17, 15) is 4.79 Å². The zero-order chi connectivity index (χ0) is 10.4. The van der Waals surface area contributed by atoms with Gasteiger partial charge >= 0.3 is 5.76 Å². The summed E-state index contributed by atoms with van der Waals surface area (Å²) in [6.07, 6.45) is 0. The minimum Gasteiger partial charge on any atom is -0.407 e. The molecule has 0 saturated carbocycles. The van der Waals surface area contributed by atoms with Crippen molar-refractivity contribution in [1.29, 1.82) is 0 Å². The van der Waals surface area contributed by atoms with Crippen LogP contribution in [0.15, 0.2) is 45.6 Å². The molecule has 2 aromatic carbocycles. The van der Waals surface area contributed by atoms with E-state index in [2.05, 4.69) is 0 Å². The van der Waals surface area contributed by atoms with Gasteiger partial charge in [-0.1, -0.05) is 30.3 Å². The Morgan fingerprint density at radius 2 is 1.93 bits per heavy atom. The fraction of sp³-hybridized carbons (Fsp3) is 0.0833. The smallest absolute Gasteiger partial charge is 0.407 e. The fourth-order valence-electron chi connectivity index (χ4n) is 1.86. The number of oxazole rings is 1. The predicted molar refractivity (Wildman–Crippen MR) is 59.0 cm³/mol. The van der Waals surface area contributed by atoms with Crippen molar-refractivity contribution >= 4 is 21.9 Å². The molecule has 1 aromatic heterocycles. The summed E-state index contributed by atoms with van der Waals surface area (Å²) in [6.45, 7) is 0. The molecule has 0 aliphatic heterocycles. The minimum absolute atomic E-state index is 0.318. The van der Waals surface area contributed by atoms with E-state index in [1.807, 2.05) is 36.4 Å². The van der Waals surface area contributed by atoms with Crippen molar-refractivity contribution in [3.63, 3.8) is 0 Å². The first-order chi connectivity index (χ1) is 7.27. The highest BCUT2D eigenvalue weighted by Gasteiger charge is 2.08. The van der Waals surface area contributed by atoms with Crippen LogP contribution in [0.2, 0.25) is 0 Å². The summed E-state index contributed by atoms with van der Waals surface area (Å²) in [5.74, 6) is -0.318. The van der Waals surface area contributed by atoms with E-state index in [4.69, 9.17) is 4.42 Å². The lowest BCUT2D eigenvalue weighted by Crippen LogP contribution is -2.08. The van der Waals surface area contributed by atoms with E-state index in [1.54, 1.807) is 7.05 Å². The minimum atomic E-state index is -0.318. The molecule has 1 heterocycles. The van der Waals surface area contributed by atoms with E-state index in [1.165, 1.54) is 4.57 Å². The van der Waals surface area contributed by atoms with Crippen LogP contribution < -0.4 is 5.76 Å². The highest BCUT2D eigenvalue weighted by atomic mass is 16.4. The molecule has 3 heteroatoms. The Labute approximate surface area is 85.5 Å². The SMILES string of the molecule is Cn1c(=O)oc2c3ccccc3ccc21. The highest BCUT2D eigenvalue weighted by Crippen LogP contribution is 2.23. The van der Waals surface area contributed by atoms with Gasteiger partial charge < -0.3 is 4.42 Å². The molecule has 3 aromatic rings. The Hall–Kier alpha value is -2.03. The zero-order valence-corrected chi connectivity index (χ0v) is 8.23. The van der Waals surface area contributed by atoms with Crippen molar-refractivity contribution in [3.8, 4) is 0 Å². The van der Waals surface area contributed by atoms with Gasteiger partial charge in [0, 0.05) is 12.4 Å². The van der Waals surface area contributed by atoms with Crippen LogP contribution in [0.4, 0.5) is 0 Å². The average molecular weight is 199 g/mol. The molecule has 0 N–H and O–H groups in total. The molecule has 0 aliphatic rings.